The summed E-state index contributed by atoms with van der Waals surface area (Å²) in [5.41, 5.74) is 0.683. The number of hydrogen-bond acceptors (Lipinski definition) is 8. The smallest absolute Gasteiger partial charge is 0.411 e. The third-order valence-electron chi connectivity index (χ3n) is 9.31. The molecule has 0 saturated carbocycles. The first-order valence-electron chi connectivity index (χ1n) is 16.5. The molecular formula is C34H52N2O8. The molecule has 8 atom stereocenters. The van der Waals surface area contributed by atoms with Crippen LogP contribution in [0.25, 0.3) is 0 Å². The lowest BCUT2D eigenvalue weighted by atomic mass is 9.87. The molecule has 0 bridgehead atoms. The summed E-state index contributed by atoms with van der Waals surface area (Å²) in [7, 11) is 0. The molecule has 0 aromatic carbocycles. The van der Waals surface area contributed by atoms with Gasteiger partial charge in [-0.2, -0.15) is 0 Å². The number of likely N-dealkylation sites (tertiary alicyclic amines) is 1. The Labute approximate surface area is 262 Å². The summed E-state index contributed by atoms with van der Waals surface area (Å²) < 4.78 is 23.0. The minimum absolute atomic E-state index is 0.0208. The van der Waals surface area contributed by atoms with Crippen LogP contribution in [-0.4, -0.2) is 96.3 Å². The van der Waals surface area contributed by atoms with Crippen LogP contribution in [0.1, 0.15) is 85.5 Å². The van der Waals surface area contributed by atoms with E-state index in [0.29, 0.717) is 39.1 Å². The van der Waals surface area contributed by atoms with Gasteiger partial charge in [-0.25, -0.2) is 4.79 Å². The molecule has 4 aliphatic heterocycles. The number of carbonyl (C=O) groups excluding carboxylic acids is 3. The third kappa shape index (κ3) is 9.49. The van der Waals surface area contributed by atoms with Gasteiger partial charge in [-0.05, 0) is 77.4 Å². The van der Waals surface area contributed by atoms with Gasteiger partial charge in [0, 0.05) is 25.9 Å². The first kappa shape index (κ1) is 34.3. The van der Waals surface area contributed by atoms with E-state index in [1.165, 1.54) is 11.0 Å². The topological polar surface area (TPSA) is 127 Å². The molecule has 10 nitrogen and oxygen atoms in total. The highest BCUT2D eigenvalue weighted by Crippen LogP contribution is 2.40. The van der Waals surface area contributed by atoms with E-state index in [4.69, 9.17) is 18.9 Å². The van der Waals surface area contributed by atoms with Crippen molar-refractivity contribution in [3.63, 3.8) is 0 Å². The number of nitrogens with zero attached hydrogens (tertiary/aromatic N) is 1. The van der Waals surface area contributed by atoms with Gasteiger partial charge in [0.2, 0.25) is 5.91 Å². The fourth-order valence-electron chi connectivity index (χ4n) is 6.26. The largest absolute Gasteiger partial charge is 0.442 e. The number of rotatable bonds is 13. The van der Waals surface area contributed by atoms with Crippen LogP contribution in [0.4, 0.5) is 4.79 Å². The highest BCUT2D eigenvalue weighted by molar-refractivity contribution is 5.90. The molecule has 0 aromatic heterocycles. The molecule has 0 aliphatic carbocycles. The molecule has 0 radical (unpaired) electrons. The number of ether oxygens (including phenoxy) is 4. The Morgan fingerprint density at radius 1 is 1.20 bits per heavy atom. The molecule has 10 heteroatoms. The summed E-state index contributed by atoms with van der Waals surface area (Å²) in [6.07, 6.45) is 14.1. The summed E-state index contributed by atoms with van der Waals surface area (Å²) in [5.74, 6) is -0.0229. The minimum Gasteiger partial charge on any atom is -0.442 e. The van der Waals surface area contributed by atoms with E-state index in [9.17, 15) is 19.5 Å². The molecule has 246 valence electrons. The lowest BCUT2D eigenvalue weighted by Gasteiger charge is -2.34. The van der Waals surface area contributed by atoms with Gasteiger partial charge < -0.3 is 29.4 Å². The van der Waals surface area contributed by atoms with Crippen molar-refractivity contribution in [3.8, 4) is 0 Å². The number of allylic oxidation sites excluding steroid dienone is 3. The second kappa shape index (κ2) is 16.2. The van der Waals surface area contributed by atoms with E-state index in [1.54, 1.807) is 13.0 Å². The second-order valence-electron chi connectivity index (χ2n) is 12.8. The molecular weight excluding hydrogens is 564 g/mol. The van der Waals surface area contributed by atoms with Crippen molar-refractivity contribution >= 4 is 17.8 Å². The maximum Gasteiger partial charge on any atom is 0.411 e. The zero-order chi connectivity index (χ0) is 31.7. The van der Waals surface area contributed by atoms with Gasteiger partial charge in [-0.15, -0.1) is 0 Å². The molecule has 4 fully saturated rings. The van der Waals surface area contributed by atoms with Crippen molar-refractivity contribution in [1.82, 2.24) is 10.2 Å². The molecule has 1 unspecified atom stereocenters. The van der Waals surface area contributed by atoms with Crippen molar-refractivity contribution in [2.45, 2.75) is 128 Å². The van der Waals surface area contributed by atoms with Crippen LogP contribution in [0.15, 0.2) is 36.0 Å². The number of aliphatic hydroxyl groups is 1. The Balaban J connectivity index is 1.15. The summed E-state index contributed by atoms with van der Waals surface area (Å²) in [5, 5.41) is 13.4. The van der Waals surface area contributed by atoms with Gasteiger partial charge >= 0.3 is 6.09 Å². The van der Waals surface area contributed by atoms with Crippen molar-refractivity contribution in [3.05, 3.63) is 36.0 Å². The zero-order valence-corrected chi connectivity index (χ0v) is 26.9. The van der Waals surface area contributed by atoms with Crippen molar-refractivity contribution in [1.29, 1.82) is 0 Å². The molecule has 44 heavy (non-hydrogen) atoms. The lowest BCUT2D eigenvalue weighted by molar-refractivity contribution is -0.125. The Morgan fingerprint density at radius 3 is 2.73 bits per heavy atom. The Kier molecular flexibility index (Phi) is 12.6. The molecule has 4 saturated heterocycles. The maximum atomic E-state index is 12.7. The van der Waals surface area contributed by atoms with Crippen LogP contribution < -0.4 is 5.32 Å². The SMILES string of the molecule is CCCCNC(=O)[C@H]1CCCN1C(=O)O[C@@H](C)/C=C\C(=O)C[C@@H]1CC[C@H](C/C=C(C)/C=C/C2OCC[C@@]3(CO3)[C@@H]2O)O[C@@H]1C. The van der Waals surface area contributed by atoms with Gasteiger partial charge in [0.25, 0.3) is 0 Å². The molecule has 0 aromatic rings. The Morgan fingerprint density at radius 2 is 2.00 bits per heavy atom. The second-order valence-corrected chi connectivity index (χ2v) is 12.8. The Bertz CT molecular complexity index is 1080. The van der Waals surface area contributed by atoms with Gasteiger partial charge in [0.1, 0.15) is 30.0 Å². The summed E-state index contributed by atoms with van der Waals surface area (Å²) in [6.45, 7) is 10.1. The molecule has 2 amide bonds. The van der Waals surface area contributed by atoms with E-state index in [-0.39, 0.29) is 35.9 Å². The van der Waals surface area contributed by atoms with E-state index in [1.807, 2.05) is 26.0 Å². The van der Waals surface area contributed by atoms with Gasteiger partial charge in [0.05, 0.1) is 25.4 Å². The zero-order valence-electron chi connectivity index (χ0n) is 26.9. The summed E-state index contributed by atoms with van der Waals surface area (Å²) in [4.78, 5) is 39.5. The molecule has 4 heterocycles. The quantitative estimate of drug-likeness (QED) is 0.135. The standard InChI is InChI=1S/C34H52N2O8/c1-5-6-18-35-32(39)29-8-7-19-36(29)33(40)43-24(3)11-13-27(37)21-26-12-15-28(44-25(26)4)14-9-23(2)10-16-30-31(38)34(22-42-34)17-20-41-30/h9-11,13,16,24-26,28-31,38H,5-8,12,14-15,17-22H2,1-4H3,(H,35,39)/b13-11-,16-10+,23-9+/t24-,25+,26-,28-,29+,30?,31+,34+/m0/s1. The fourth-order valence-corrected chi connectivity index (χ4v) is 6.26. The predicted molar refractivity (Wildman–Crippen MR) is 166 cm³/mol. The van der Waals surface area contributed by atoms with Crippen LogP contribution in [-0.2, 0) is 28.5 Å². The van der Waals surface area contributed by atoms with Crippen molar-refractivity contribution < 1.29 is 38.4 Å². The van der Waals surface area contributed by atoms with Crippen molar-refractivity contribution in [2.75, 3.05) is 26.3 Å². The monoisotopic (exact) mass is 616 g/mol. The summed E-state index contributed by atoms with van der Waals surface area (Å²) in [6, 6.07) is -0.500. The van der Waals surface area contributed by atoms with Crippen LogP contribution in [0.5, 0.6) is 0 Å². The summed E-state index contributed by atoms with van der Waals surface area (Å²) >= 11 is 0. The molecule has 4 aliphatic rings. The van der Waals surface area contributed by atoms with E-state index >= 15 is 0 Å². The van der Waals surface area contributed by atoms with Gasteiger partial charge in [-0.3, -0.25) is 14.5 Å². The normalized spacial score (nSPS) is 33.2. The fraction of sp³-hybridized carbons (Fsp3) is 0.735. The first-order valence-corrected chi connectivity index (χ1v) is 16.5. The lowest BCUT2D eigenvalue weighted by Crippen LogP contribution is -2.46. The first-order chi connectivity index (χ1) is 21.1. The number of carbonyl (C=O) groups is 3. The number of ketones is 1. The number of hydrogen-bond donors (Lipinski definition) is 2. The van der Waals surface area contributed by atoms with Crippen LogP contribution in [0.2, 0.25) is 0 Å². The highest BCUT2D eigenvalue weighted by Gasteiger charge is 2.55. The van der Waals surface area contributed by atoms with E-state index < -0.39 is 29.9 Å². The highest BCUT2D eigenvalue weighted by atomic mass is 16.6. The molecule has 1 spiro atoms. The predicted octanol–water partition coefficient (Wildman–Crippen LogP) is 4.40. The average molecular weight is 617 g/mol. The number of unbranched alkanes of at least 4 members (excludes halogenated alkanes) is 1. The Hall–Kier alpha value is -2.53. The number of nitrogens with one attached hydrogen (secondary N) is 1. The maximum absolute atomic E-state index is 12.7. The van der Waals surface area contributed by atoms with Gasteiger partial charge in [0.15, 0.2) is 5.78 Å². The molecule has 4 rings (SSSR count). The third-order valence-corrected chi connectivity index (χ3v) is 9.31. The van der Waals surface area contributed by atoms with E-state index in [0.717, 1.165) is 50.5 Å². The van der Waals surface area contributed by atoms with Crippen LogP contribution in [0, 0.1) is 5.92 Å². The number of epoxide rings is 1. The average Bonchev–Trinajstić information content (AvgIpc) is 3.59. The van der Waals surface area contributed by atoms with Crippen LogP contribution >= 0.6 is 0 Å². The van der Waals surface area contributed by atoms with Crippen LogP contribution in [0.3, 0.4) is 0 Å². The number of amides is 2. The molecule has 2 N–H and O–H groups in total. The van der Waals surface area contributed by atoms with Gasteiger partial charge in [-0.1, -0.05) is 37.1 Å². The van der Waals surface area contributed by atoms with Crippen molar-refractivity contribution in [2.24, 2.45) is 5.92 Å². The number of aliphatic hydroxyl groups excluding tert-OH is 1. The van der Waals surface area contributed by atoms with E-state index in [2.05, 4.69) is 18.3 Å². The minimum atomic E-state index is -0.632.